The molecule has 0 spiro atoms. The minimum Gasteiger partial charge on any atom is -0.496 e. The average Bonchev–Trinajstić information content (AvgIpc) is 2.93. The lowest BCUT2D eigenvalue weighted by atomic mass is 9.99. The van der Waals surface area contributed by atoms with Crippen molar-refractivity contribution in [2.75, 3.05) is 7.11 Å². The van der Waals surface area contributed by atoms with Crippen LogP contribution in [0.25, 0.3) is 0 Å². The van der Waals surface area contributed by atoms with Crippen molar-refractivity contribution < 1.29 is 9.53 Å². The highest BCUT2D eigenvalue weighted by molar-refractivity contribution is 6.31. The van der Waals surface area contributed by atoms with Crippen LogP contribution in [0.1, 0.15) is 33.5 Å². The Hall–Kier alpha value is -1.80. The molecule has 0 bridgehead atoms. The molecule has 3 heteroatoms. The van der Waals surface area contributed by atoms with Crippen LogP contribution in [0, 0.1) is 0 Å². The van der Waals surface area contributed by atoms with Crippen molar-refractivity contribution >= 4 is 17.4 Å². The maximum absolute atomic E-state index is 12.6. The molecule has 0 saturated carbocycles. The summed E-state index contributed by atoms with van der Waals surface area (Å²) in [6.07, 6.45) is 3.36. The summed E-state index contributed by atoms with van der Waals surface area (Å²) in [5, 5.41) is 0.562. The number of benzene rings is 2. The number of ketones is 1. The smallest absolute Gasteiger partial charge is 0.196 e. The standard InChI is InChI=1S/C17H15ClO2/c1-20-16-10-14(18)7-8-15(16)17(19)13-6-5-11-3-2-4-12(11)9-13/h5-10H,2-4H2,1H3. The maximum atomic E-state index is 12.6. The number of halogens is 1. The van der Waals surface area contributed by atoms with Gasteiger partial charge in [-0.25, -0.2) is 0 Å². The minimum absolute atomic E-state index is 0.0202. The van der Waals surface area contributed by atoms with Crippen molar-refractivity contribution in [2.45, 2.75) is 19.3 Å². The number of fused-ring (bicyclic) bond motifs is 1. The third kappa shape index (κ3) is 2.32. The zero-order valence-corrected chi connectivity index (χ0v) is 12.0. The summed E-state index contributed by atoms with van der Waals surface area (Å²) in [4.78, 5) is 12.6. The molecule has 20 heavy (non-hydrogen) atoms. The van der Waals surface area contributed by atoms with Gasteiger partial charge in [0.2, 0.25) is 0 Å². The predicted octanol–water partition coefficient (Wildman–Crippen LogP) is 4.07. The molecule has 0 amide bonds. The van der Waals surface area contributed by atoms with Gasteiger partial charge in [-0.05, 0) is 54.7 Å². The minimum atomic E-state index is -0.0202. The Morgan fingerprint density at radius 3 is 2.70 bits per heavy atom. The Morgan fingerprint density at radius 2 is 1.90 bits per heavy atom. The lowest BCUT2D eigenvalue weighted by Crippen LogP contribution is -2.04. The van der Waals surface area contributed by atoms with E-state index in [9.17, 15) is 4.79 Å². The van der Waals surface area contributed by atoms with Gasteiger partial charge in [0.25, 0.3) is 0 Å². The van der Waals surface area contributed by atoms with Gasteiger partial charge in [0.1, 0.15) is 5.75 Å². The van der Waals surface area contributed by atoms with Gasteiger partial charge in [0.05, 0.1) is 12.7 Å². The number of carbonyl (C=O) groups is 1. The first-order valence-electron chi connectivity index (χ1n) is 6.69. The Labute approximate surface area is 123 Å². The quantitative estimate of drug-likeness (QED) is 0.795. The van der Waals surface area contributed by atoms with Crippen LogP contribution in [-0.4, -0.2) is 12.9 Å². The summed E-state index contributed by atoms with van der Waals surface area (Å²) >= 11 is 5.93. The van der Waals surface area contributed by atoms with Crippen LogP contribution in [0.15, 0.2) is 36.4 Å². The number of hydrogen-bond acceptors (Lipinski definition) is 2. The van der Waals surface area contributed by atoms with Crippen molar-refractivity contribution in [3.8, 4) is 5.75 Å². The lowest BCUT2D eigenvalue weighted by Gasteiger charge is -2.09. The molecule has 0 radical (unpaired) electrons. The largest absolute Gasteiger partial charge is 0.496 e. The van der Waals surface area contributed by atoms with Crippen LogP contribution < -0.4 is 4.74 Å². The van der Waals surface area contributed by atoms with Gasteiger partial charge in [0, 0.05) is 10.6 Å². The van der Waals surface area contributed by atoms with E-state index in [2.05, 4.69) is 6.07 Å². The van der Waals surface area contributed by atoms with Crippen molar-refractivity contribution in [3.63, 3.8) is 0 Å². The molecule has 0 atom stereocenters. The zero-order valence-electron chi connectivity index (χ0n) is 11.3. The molecule has 0 heterocycles. The first-order valence-corrected chi connectivity index (χ1v) is 7.07. The van der Waals surface area contributed by atoms with Crippen LogP contribution in [0.2, 0.25) is 5.02 Å². The summed E-state index contributed by atoms with van der Waals surface area (Å²) in [6.45, 7) is 0. The van der Waals surface area contributed by atoms with Gasteiger partial charge >= 0.3 is 0 Å². The van der Waals surface area contributed by atoms with Gasteiger partial charge in [-0.2, -0.15) is 0 Å². The van der Waals surface area contributed by atoms with Crippen LogP contribution in [0.3, 0.4) is 0 Å². The van der Waals surface area contributed by atoms with Gasteiger partial charge < -0.3 is 4.74 Å². The Balaban J connectivity index is 2.00. The maximum Gasteiger partial charge on any atom is 0.196 e. The fraction of sp³-hybridized carbons (Fsp3) is 0.235. The molecule has 0 aliphatic heterocycles. The van der Waals surface area contributed by atoms with E-state index in [0.717, 1.165) is 12.8 Å². The molecule has 1 aliphatic carbocycles. The Kier molecular flexibility index (Phi) is 3.49. The average molecular weight is 287 g/mol. The van der Waals surface area contributed by atoms with E-state index in [0.29, 0.717) is 21.9 Å². The molecule has 2 aromatic rings. The SMILES string of the molecule is COc1cc(Cl)ccc1C(=O)c1ccc2c(c1)CCC2. The second-order valence-corrected chi connectivity index (χ2v) is 5.45. The third-order valence-electron chi connectivity index (χ3n) is 3.77. The first-order chi connectivity index (χ1) is 9.69. The van der Waals surface area contributed by atoms with E-state index in [1.807, 2.05) is 12.1 Å². The van der Waals surface area contributed by atoms with Gasteiger partial charge in [-0.3, -0.25) is 4.79 Å². The zero-order chi connectivity index (χ0) is 14.1. The fourth-order valence-electron chi connectivity index (χ4n) is 2.72. The topological polar surface area (TPSA) is 26.3 Å². The van der Waals surface area contributed by atoms with E-state index in [1.54, 1.807) is 25.3 Å². The van der Waals surface area contributed by atoms with Crippen LogP contribution >= 0.6 is 11.6 Å². The number of aryl methyl sites for hydroxylation is 2. The molecule has 2 aromatic carbocycles. The molecule has 102 valence electrons. The van der Waals surface area contributed by atoms with E-state index in [4.69, 9.17) is 16.3 Å². The molecular weight excluding hydrogens is 272 g/mol. The number of methoxy groups -OCH3 is 1. The molecule has 2 nitrogen and oxygen atoms in total. The van der Waals surface area contributed by atoms with E-state index >= 15 is 0 Å². The van der Waals surface area contributed by atoms with Crippen LogP contribution in [0.5, 0.6) is 5.75 Å². The highest BCUT2D eigenvalue weighted by atomic mass is 35.5. The second kappa shape index (κ2) is 5.29. The number of hydrogen-bond donors (Lipinski definition) is 0. The highest BCUT2D eigenvalue weighted by Gasteiger charge is 2.18. The van der Waals surface area contributed by atoms with Gasteiger partial charge in [0.15, 0.2) is 5.78 Å². The van der Waals surface area contributed by atoms with E-state index in [1.165, 1.54) is 17.5 Å². The van der Waals surface area contributed by atoms with E-state index in [-0.39, 0.29) is 5.78 Å². The number of rotatable bonds is 3. The predicted molar refractivity (Wildman–Crippen MR) is 79.9 cm³/mol. The van der Waals surface area contributed by atoms with Crippen molar-refractivity contribution in [1.29, 1.82) is 0 Å². The number of ether oxygens (including phenoxy) is 1. The molecule has 0 aromatic heterocycles. The molecule has 1 aliphatic rings. The molecule has 0 unspecified atom stereocenters. The van der Waals surface area contributed by atoms with Crippen molar-refractivity contribution in [3.05, 3.63) is 63.7 Å². The Bertz CT molecular complexity index is 677. The first kappa shape index (κ1) is 13.2. The third-order valence-corrected chi connectivity index (χ3v) is 4.00. The number of carbonyl (C=O) groups excluding carboxylic acids is 1. The summed E-state index contributed by atoms with van der Waals surface area (Å²) in [5.41, 5.74) is 3.93. The van der Waals surface area contributed by atoms with Crippen molar-refractivity contribution in [2.24, 2.45) is 0 Å². The summed E-state index contributed by atoms with van der Waals surface area (Å²) in [7, 11) is 1.55. The summed E-state index contributed by atoms with van der Waals surface area (Å²) in [6, 6.07) is 11.1. The van der Waals surface area contributed by atoms with E-state index < -0.39 is 0 Å². The van der Waals surface area contributed by atoms with Crippen LogP contribution in [-0.2, 0) is 12.8 Å². The van der Waals surface area contributed by atoms with Gasteiger partial charge in [-0.15, -0.1) is 0 Å². The molecule has 3 rings (SSSR count). The summed E-state index contributed by atoms with van der Waals surface area (Å²) in [5.74, 6) is 0.496. The summed E-state index contributed by atoms with van der Waals surface area (Å²) < 4.78 is 5.26. The highest BCUT2D eigenvalue weighted by Crippen LogP contribution is 2.28. The van der Waals surface area contributed by atoms with Gasteiger partial charge in [-0.1, -0.05) is 23.7 Å². The molecule has 0 N–H and O–H groups in total. The monoisotopic (exact) mass is 286 g/mol. The second-order valence-electron chi connectivity index (χ2n) is 5.01. The molecule has 0 fully saturated rings. The van der Waals surface area contributed by atoms with Crippen molar-refractivity contribution in [1.82, 2.24) is 0 Å². The van der Waals surface area contributed by atoms with Crippen LogP contribution in [0.4, 0.5) is 0 Å². The molecule has 0 saturated heterocycles. The Morgan fingerprint density at radius 1 is 1.10 bits per heavy atom. The lowest BCUT2D eigenvalue weighted by molar-refractivity contribution is 0.103. The fourth-order valence-corrected chi connectivity index (χ4v) is 2.88. The molecular formula is C17H15ClO2. The normalized spacial score (nSPS) is 13.1.